The van der Waals surface area contributed by atoms with Crippen LogP contribution in [0.1, 0.15) is 32.1 Å². The molecular formula is C16H21Cl2NO. The fraction of sp³-hybridized carbons (Fsp3) is 0.625. The molecule has 0 saturated carbocycles. The molecule has 0 radical (unpaired) electrons. The molecule has 3 atom stereocenters. The van der Waals surface area contributed by atoms with Crippen LogP contribution < -0.4 is 4.74 Å². The van der Waals surface area contributed by atoms with Gasteiger partial charge >= 0.3 is 0 Å². The van der Waals surface area contributed by atoms with Crippen LogP contribution in [-0.4, -0.2) is 30.6 Å². The molecule has 0 amide bonds. The zero-order valence-electron chi connectivity index (χ0n) is 11.8. The SMILES string of the molecule is CN1[C@@H]2CC[C@H]1CC(CCOc1ccc(Cl)c(Cl)c1)C2. The van der Waals surface area contributed by atoms with Crippen LogP contribution in [0.5, 0.6) is 5.75 Å². The van der Waals surface area contributed by atoms with E-state index in [1.807, 2.05) is 6.07 Å². The summed E-state index contributed by atoms with van der Waals surface area (Å²) in [5, 5.41) is 1.13. The van der Waals surface area contributed by atoms with Crippen LogP contribution in [0.25, 0.3) is 0 Å². The predicted molar refractivity (Wildman–Crippen MR) is 83.9 cm³/mol. The highest BCUT2D eigenvalue weighted by atomic mass is 35.5. The van der Waals surface area contributed by atoms with E-state index in [4.69, 9.17) is 27.9 Å². The number of hydrogen-bond donors (Lipinski definition) is 0. The predicted octanol–water partition coefficient (Wildman–Crippen LogP) is 4.64. The standard InChI is InChI=1S/C16H21Cl2NO/c1-19-12-2-3-13(19)9-11(8-12)6-7-20-14-4-5-15(17)16(18)10-14/h4-5,10-13H,2-3,6-9H2,1H3/t11?,12-,13+. The Bertz CT molecular complexity index is 466. The zero-order valence-corrected chi connectivity index (χ0v) is 13.3. The Balaban J connectivity index is 1.47. The number of piperidine rings is 1. The first-order chi connectivity index (χ1) is 9.63. The molecule has 2 aliphatic rings. The van der Waals surface area contributed by atoms with E-state index in [1.54, 1.807) is 12.1 Å². The number of ether oxygens (including phenoxy) is 1. The maximum absolute atomic E-state index is 5.99. The second-order valence-corrected chi connectivity index (χ2v) is 6.92. The number of fused-ring (bicyclic) bond motifs is 2. The van der Waals surface area contributed by atoms with Gasteiger partial charge in [-0.25, -0.2) is 0 Å². The van der Waals surface area contributed by atoms with Gasteiger partial charge in [0, 0.05) is 18.2 Å². The van der Waals surface area contributed by atoms with Crippen LogP contribution in [-0.2, 0) is 0 Å². The fourth-order valence-corrected chi connectivity index (χ4v) is 3.96. The smallest absolute Gasteiger partial charge is 0.120 e. The number of rotatable bonds is 4. The molecule has 1 aromatic rings. The van der Waals surface area contributed by atoms with Crippen molar-refractivity contribution >= 4 is 23.2 Å². The summed E-state index contributed by atoms with van der Waals surface area (Å²) >= 11 is 11.9. The monoisotopic (exact) mass is 313 g/mol. The van der Waals surface area contributed by atoms with Crippen molar-refractivity contribution in [1.82, 2.24) is 4.90 Å². The molecule has 0 N–H and O–H groups in total. The quantitative estimate of drug-likeness (QED) is 0.803. The van der Waals surface area contributed by atoms with Crippen molar-refractivity contribution in [3.8, 4) is 5.75 Å². The minimum Gasteiger partial charge on any atom is -0.494 e. The Labute approximate surface area is 131 Å². The first-order valence-electron chi connectivity index (χ1n) is 7.43. The van der Waals surface area contributed by atoms with E-state index in [2.05, 4.69) is 11.9 Å². The lowest BCUT2D eigenvalue weighted by atomic mass is 9.89. The molecule has 2 heterocycles. The van der Waals surface area contributed by atoms with E-state index in [-0.39, 0.29) is 0 Å². The van der Waals surface area contributed by atoms with E-state index in [0.717, 1.165) is 36.8 Å². The lowest BCUT2D eigenvalue weighted by Crippen LogP contribution is -2.40. The molecule has 0 aliphatic carbocycles. The average Bonchev–Trinajstić information content (AvgIpc) is 2.65. The van der Waals surface area contributed by atoms with Crippen molar-refractivity contribution in [2.24, 2.45) is 5.92 Å². The molecule has 0 aromatic heterocycles. The van der Waals surface area contributed by atoms with E-state index < -0.39 is 0 Å². The Kier molecular flexibility index (Phi) is 4.44. The van der Waals surface area contributed by atoms with E-state index >= 15 is 0 Å². The summed E-state index contributed by atoms with van der Waals surface area (Å²) in [6, 6.07) is 7.08. The number of halogens is 2. The highest BCUT2D eigenvalue weighted by Crippen LogP contribution is 2.38. The maximum Gasteiger partial charge on any atom is 0.120 e. The van der Waals surface area contributed by atoms with Gasteiger partial charge in [0.2, 0.25) is 0 Å². The van der Waals surface area contributed by atoms with Crippen molar-refractivity contribution in [3.63, 3.8) is 0 Å². The molecule has 4 heteroatoms. The summed E-state index contributed by atoms with van der Waals surface area (Å²) < 4.78 is 5.81. The van der Waals surface area contributed by atoms with Crippen molar-refractivity contribution in [3.05, 3.63) is 28.2 Å². The number of hydrogen-bond acceptors (Lipinski definition) is 2. The highest BCUT2D eigenvalue weighted by Gasteiger charge is 2.37. The molecule has 2 fully saturated rings. The minimum absolute atomic E-state index is 0.557. The third-order valence-corrected chi connectivity index (χ3v) is 5.62. The van der Waals surface area contributed by atoms with Gasteiger partial charge in [0.25, 0.3) is 0 Å². The Hall–Kier alpha value is -0.440. The lowest BCUT2D eigenvalue weighted by Gasteiger charge is -2.36. The van der Waals surface area contributed by atoms with Crippen molar-refractivity contribution in [1.29, 1.82) is 0 Å². The normalized spacial score (nSPS) is 29.6. The molecule has 0 spiro atoms. The molecule has 1 unspecified atom stereocenters. The third-order valence-electron chi connectivity index (χ3n) is 4.88. The highest BCUT2D eigenvalue weighted by molar-refractivity contribution is 6.42. The fourth-order valence-electron chi connectivity index (χ4n) is 3.67. The molecule has 20 heavy (non-hydrogen) atoms. The molecule has 3 rings (SSSR count). The van der Waals surface area contributed by atoms with Gasteiger partial charge in [-0.2, -0.15) is 0 Å². The van der Waals surface area contributed by atoms with Gasteiger partial charge in [-0.1, -0.05) is 23.2 Å². The number of benzene rings is 1. The second-order valence-electron chi connectivity index (χ2n) is 6.10. The van der Waals surface area contributed by atoms with Gasteiger partial charge in [0.15, 0.2) is 0 Å². The van der Waals surface area contributed by atoms with Gasteiger partial charge in [-0.05, 0) is 57.2 Å². The zero-order chi connectivity index (χ0) is 14.1. The summed E-state index contributed by atoms with van der Waals surface area (Å²) in [7, 11) is 2.28. The van der Waals surface area contributed by atoms with Crippen molar-refractivity contribution in [2.75, 3.05) is 13.7 Å². The molecular weight excluding hydrogens is 293 g/mol. The molecule has 110 valence electrons. The van der Waals surface area contributed by atoms with Crippen LogP contribution in [0.2, 0.25) is 10.0 Å². The largest absolute Gasteiger partial charge is 0.494 e. The lowest BCUT2D eigenvalue weighted by molar-refractivity contribution is 0.119. The van der Waals surface area contributed by atoms with Gasteiger partial charge in [-0.3, -0.25) is 0 Å². The van der Waals surface area contributed by atoms with Crippen LogP contribution >= 0.6 is 23.2 Å². The minimum atomic E-state index is 0.557. The van der Waals surface area contributed by atoms with Gasteiger partial charge in [0.1, 0.15) is 5.75 Å². The van der Waals surface area contributed by atoms with E-state index in [0.29, 0.717) is 10.0 Å². The summed E-state index contributed by atoms with van der Waals surface area (Å²) in [6.45, 7) is 0.770. The van der Waals surface area contributed by atoms with Crippen LogP contribution in [0, 0.1) is 5.92 Å². The maximum atomic E-state index is 5.99. The molecule has 2 bridgehead atoms. The third kappa shape index (κ3) is 3.08. The topological polar surface area (TPSA) is 12.5 Å². The van der Waals surface area contributed by atoms with Gasteiger partial charge in [-0.15, -0.1) is 0 Å². The van der Waals surface area contributed by atoms with E-state index in [1.165, 1.54) is 25.7 Å². The Morgan fingerprint density at radius 2 is 1.85 bits per heavy atom. The Morgan fingerprint density at radius 1 is 1.15 bits per heavy atom. The summed E-state index contributed by atoms with van der Waals surface area (Å²) in [5.41, 5.74) is 0. The molecule has 2 saturated heterocycles. The van der Waals surface area contributed by atoms with Crippen LogP contribution in [0.3, 0.4) is 0 Å². The van der Waals surface area contributed by atoms with Gasteiger partial charge in [0.05, 0.1) is 16.7 Å². The Morgan fingerprint density at radius 3 is 2.50 bits per heavy atom. The van der Waals surface area contributed by atoms with Crippen LogP contribution in [0.4, 0.5) is 0 Å². The van der Waals surface area contributed by atoms with Crippen molar-refractivity contribution in [2.45, 2.75) is 44.2 Å². The summed E-state index contributed by atoms with van der Waals surface area (Å²) in [4.78, 5) is 2.58. The average molecular weight is 314 g/mol. The molecule has 2 nitrogen and oxygen atoms in total. The summed E-state index contributed by atoms with van der Waals surface area (Å²) in [6.07, 6.45) is 6.56. The number of nitrogens with zero attached hydrogens (tertiary/aromatic N) is 1. The first-order valence-corrected chi connectivity index (χ1v) is 8.19. The second kappa shape index (κ2) is 6.13. The van der Waals surface area contributed by atoms with Crippen molar-refractivity contribution < 1.29 is 4.74 Å². The van der Waals surface area contributed by atoms with E-state index in [9.17, 15) is 0 Å². The summed E-state index contributed by atoms with van der Waals surface area (Å²) in [5.74, 6) is 1.63. The van der Waals surface area contributed by atoms with Gasteiger partial charge < -0.3 is 9.64 Å². The first kappa shape index (κ1) is 14.5. The molecule has 1 aromatic carbocycles. The molecule has 2 aliphatic heterocycles. The van der Waals surface area contributed by atoms with Crippen LogP contribution in [0.15, 0.2) is 18.2 Å².